The Morgan fingerprint density at radius 2 is 2.00 bits per heavy atom. The van der Waals surface area contributed by atoms with Crippen LogP contribution >= 0.6 is 15.9 Å². The van der Waals surface area contributed by atoms with Crippen LogP contribution < -0.4 is 16.4 Å². The second-order valence-electron chi connectivity index (χ2n) is 6.19. The number of aliphatic carboxylic acids is 1. The predicted octanol–water partition coefficient (Wildman–Crippen LogP) is 2.66. The van der Waals surface area contributed by atoms with Crippen LogP contribution in [-0.4, -0.2) is 28.7 Å². The zero-order valence-electron chi connectivity index (χ0n) is 13.7. The summed E-state index contributed by atoms with van der Waals surface area (Å²) in [5, 5.41) is 8.96. The third-order valence-electron chi connectivity index (χ3n) is 4.49. The molecule has 1 heterocycles. The molecular formula is C17H20BrN5O2. The van der Waals surface area contributed by atoms with Crippen molar-refractivity contribution in [3.63, 3.8) is 0 Å². The Balaban J connectivity index is 2.14. The van der Waals surface area contributed by atoms with Crippen LogP contribution in [0.4, 0.5) is 5.69 Å². The molecule has 1 aromatic rings. The number of carboxylic acids is 1. The van der Waals surface area contributed by atoms with Crippen molar-refractivity contribution in [2.24, 2.45) is 21.5 Å². The fourth-order valence-corrected chi connectivity index (χ4v) is 3.83. The minimum atomic E-state index is -1.01. The topological polar surface area (TPSA) is 117 Å². The van der Waals surface area contributed by atoms with Crippen LogP contribution in [0.15, 0.2) is 38.7 Å². The van der Waals surface area contributed by atoms with Gasteiger partial charge in [-0.15, -0.1) is 0 Å². The van der Waals surface area contributed by atoms with Gasteiger partial charge in [0, 0.05) is 10.5 Å². The van der Waals surface area contributed by atoms with Crippen LogP contribution in [0, 0.1) is 0 Å². The molecule has 3 rings (SSSR count). The van der Waals surface area contributed by atoms with Gasteiger partial charge in [-0.05, 0) is 49.5 Å². The van der Waals surface area contributed by atoms with Crippen molar-refractivity contribution in [3.8, 4) is 0 Å². The Labute approximate surface area is 154 Å². The van der Waals surface area contributed by atoms with E-state index in [0.717, 1.165) is 53.9 Å². The first-order valence-electron chi connectivity index (χ1n) is 8.12. The van der Waals surface area contributed by atoms with Crippen LogP contribution in [0.25, 0.3) is 6.08 Å². The molecule has 0 amide bonds. The normalized spacial score (nSPS) is 19.8. The number of nitrogens with zero attached hydrogens (tertiary/aromatic N) is 3. The number of hydrogen-bond donors (Lipinski definition) is 3. The van der Waals surface area contributed by atoms with Gasteiger partial charge in [-0.1, -0.05) is 28.4 Å². The van der Waals surface area contributed by atoms with E-state index in [-0.39, 0.29) is 11.9 Å². The second-order valence-corrected chi connectivity index (χ2v) is 7.11. The number of halogens is 1. The molecule has 1 spiro atoms. The van der Waals surface area contributed by atoms with Gasteiger partial charge in [-0.2, -0.15) is 4.99 Å². The molecule has 0 radical (unpaired) electrons. The fourth-order valence-electron chi connectivity index (χ4n) is 3.48. The van der Waals surface area contributed by atoms with Gasteiger partial charge in [0.05, 0.1) is 5.69 Å². The Hall–Kier alpha value is -2.35. The minimum absolute atomic E-state index is 0.188. The van der Waals surface area contributed by atoms with E-state index in [2.05, 4.69) is 25.9 Å². The van der Waals surface area contributed by atoms with E-state index in [9.17, 15) is 4.79 Å². The summed E-state index contributed by atoms with van der Waals surface area (Å²) in [6.07, 6.45) is 7.48. The largest absolute Gasteiger partial charge is 0.478 e. The van der Waals surface area contributed by atoms with E-state index in [1.54, 1.807) is 6.08 Å². The highest BCUT2D eigenvalue weighted by atomic mass is 79.9. The maximum Gasteiger partial charge on any atom is 0.328 e. The maximum absolute atomic E-state index is 10.9. The zero-order chi connectivity index (χ0) is 18.0. The Morgan fingerprint density at radius 1 is 1.28 bits per heavy atom. The summed E-state index contributed by atoms with van der Waals surface area (Å²) in [6, 6.07) is 5.59. The lowest BCUT2D eigenvalue weighted by atomic mass is 9.87. The first kappa shape index (κ1) is 17.5. The fraction of sp³-hybridized carbons (Fsp3) is 0.353. The highest BCUT2D eigenvalue weighted by Crippen LogP contribution is 2.41. The van der Waals surface area contributed by atoms with Crippen LogP contribution in [-0.2, 0) is 4.79 Å². The third-order valence-corrected chi connectivity index (χ3v) is 4.98. The molecule has 1 fully saturated rings. The number of hydrogen-bond acceptors (Lipinski definition) is 6. The van der Waals surface area contributed by atoms with Crippen LogP contribution in [0.3, 0.4) is 0 Å². The zero-order valence-corrected chi connectivity index (χ0v) is 15.2. The monoisotopic (exact) mass is 405 g/mol. The number of guanidine groups is 2. The molecule has 5 N–H and O–H groups in total. The summed E-state index contributed by atoms with van der Waals surface area (Å²) < 4.78 is 0.858. The average molecular weight is 406 g/mol. The molecule has 0 saturated heterocycles. The van der Waals surface area contributed by atoms with Crippen molar-refractivity contribution in [2.75, 3.05) is 4.90 Å². The minimum Gasteiger partial charge on any atom is -0.478 e. The van der Waals surface area contributed by atoms with Gasteiger partial charge in [0.1, 0.15) is 5.66 Å². The lowest BCUT2D eigenvalue weighted by Crippen LogP contribution is -2.58. The van der Waals surface area contributed by atoms with Crippen LogP contribution in [0.1, 0.15) is 37.7 Å². The summed E-state index contributed by atoms with van der Waals surface area (Å²) in [5.74, 6) is -0.547. The van der Waals surface area contributed by atoms with Crippen LogP contribution in [0.5, 0.6) is 0 Å². The molecule has 25 heavy (non-hydrogen) atoms. The van der Waals surface area contributed by atoms with Gasteiger partial charge in [-0.25, -0.2) is 9.79 Å². The quantitative estimate of drug-likeness (QED) is 0.668. The van der Waals surface area contributed by atoms with Gasteiger partial charge >= 0.3 is 5.97 Å². The van der Waals surface area contributed by atoms with Crippen molar-refractivity contribution in [3.05, 3.63) is 34.3 Å². The molecule has 1 aromatic carbocycles. The van der Waals surface area contributed by atoms with Gasteiger partial charge in [0.15, 0.2) is 0 Å². The third kappa shape index (κ3) is 3.53. The average Bonchev–Trinajstić information content (AvgIpc) is 2.54. The van der Waals surface area contributed by atoms with E-state index >= 15 is 0 Å². The first-order chi connectivity index (χ1) is 11.9. The molecule has 2 aliphatic rings. The molecule has 8 heteroatoms. The molecule has 7 nitrogen and oxygen atoms in total. The molecule has 1 aliphatic heterocycles. The van der Waals surface area contributed by atoms with E-state index < -0.39 is 11.6 Å². The van der Waals surface area contributed by atoms with Crippen molar-refractivity contribution in [1.29, 1.82) is 0 Å². The second kappa shape index (κ2) is 6.87. The summed E-state index contributed by atoms with van der Waals surface area (Å²) in [5.41, 5.74) is 13.0. The number of benzene rings is 1. The Bertz CT molecular complexity index is 781. The molecule has 132 valence electrons. The number of carbonyl (C=O) groups is 1. The van der Waals surface area contributed by atoms with Gasteiger partial charge in [0.2, 0.25) is 11.9 Å². The molecule has 0 aromatic heterocycles. The highest BCUT2D eigenvalue weighted by Gasteiger charge is 2.43. The van der Waals surface area contributed by atoms with Gasteiger partial charge < -0.3 is 16.6 Å². The van der Waals surface area contributed by atoms with Gasteiger partial charge in [-0.3, -0.25) is 4.90 Å². The SMILES string of the molecule is NC1=NC2(CCCCC2)N(c2cc(Br)ccc2C=CC(=O)O)C(N)=N1. The van der Waals surface area contributed by atoms with Crippen molar-refractivity contribution in [2.45, 2.75) is 37.8 Å². The molecule has 0 bridgehead atoms. The maximum atomic E-state index is 10.9. The van der Waals surface area contributed by atoms with Crippen molar-refractivity contribution < 1.29 is 9.90 Å². The lowest BCUT2D eigenvalue weighted by Gasteiger charge is -2.46. The summed E-state index contributed by atoms with van der Waals surface area (Å²) in [6.45, 7) is 0. The Morgan fingerprint density at radius 3 is 2.68 bits per heavy atom. The summed E-state index contributed by atoms with van der Waals surface area (Å²) in [7, 11) is 0. The molecule has 1 saturated carbocycles. The smallest absolute Gasteiger partial charge is 0.328 e. The van der Waals surface area contributed by atoms with Gasteiger partial charge in [0.25, 0.3) is 0 Å². The Kier molecular flexibility index (Phi) is 4.80. The number of nitrogens with two attached hydrogens (primary N) is 2. The van der Waals surface area contributed by atoms with Crippen molar-refractivity contribution in [1.82, 2.24) is 0 Å². The predicted molar refractivity (Wildman–Crippen MR) is 102 cm³/mol. The number of aliphatic imine (C=N–C) groups is 2. The summed E-state index contributed by atoms with van der Waals surface area (Å²) in [4.78, 5) is 21.6. The first-order valence-corrected chi connectivity index (χ1v) is 8.91. The van der Waals surface area contributed by atoms with E-state index in [1.165, 1.54) is 0 Å². The highest BCUT2D eigenvalue weighted by molar-refractivity contribution is 9.10. The number of carboxylic acid groups (broad SMARTS) is 1. The standard InChI is InChI=1S/C17H20BrN5O2/c18-12-6-4-11(5-7-14(24)25)13(10-12)23-16(20)21-15(19)22-17(23)8-2-1-3-9-17/h4-7,10H,1-3,8-9H2,(H,24,25)(H4,19,20,21,22). The molecule has 0 unspecified atom stereocenters. The summed E-state index contributed by atoms with van der Waals surface area (Å²) >= 11 is 3.48. The molecular weight excluding hydrogens is 386 g/mol. The van der Waals surface area contributed by atoms with E-state index in [0.29, 0.717) is 0 Å². The molecule has 0 atom stereocenters. The lowest BCUT2D eigenvalue weighted by molar-refractivity contribution is -0.131. The number of anilines is 1. The van der Waals surface area contributed by atoms with Crippen molar-refractivity contribution >= 4 is 45.6 Å². The van der Waals surface area contributed by atoms with E-state index in [4.69, 9.17) is 16.6 Å². The number of rotatable bonds is 3. The molecule has 1 aliphatic carbocycles. The van der Waals surface area contributed by atoms with E-state index in [1.807, 2.05) is 23.1 Å². The van der Waals surface area contributed by atoms with Crippen LogP contribution in [0.2, 0.25) is 0 Å².